The van der Waals surface area contributed by atoms with Crippen molar-refractivity contribution < 1.29 is 9.53 Å². The van der Waals surface area contributed by atoms with Crippen molar-refractivity contribution in [3.05, 3.63) is 20.8 Å². The van der Waals surface area contributed by atoms with Gasteiger partial charge in [-0.3, -0.25) is 4.79 Å². The number of carbonyl (C=O) groups is 1. The molecule has 0 aliphatic carbocycles. The molecule has 1 unspecified atom stereocenters. The fraction of sp³-hybridized carbons (Fsp3) is 0.545. The third kappa shape index (κ3) is 3.30. The molecule has 1 saturated heterocycles. The minimum Gasteiger partial charge on any atom is -0.378 e. The monoisotopic (exact) mass is 303 g/mol. The molecule has 1 aromatic rings. The van der Waals surface area contributed by atoms with Gasteiger partial charge >= 0.3 is 0 Å². The Hall–Kier alpha value is -0.390. The number of halogens is 1. The standard InChI is InChI=1S/C11H14BrNO2S/c12-9-3-5-16-10(9)7-13-11(14)6-8-2-1-4-15-8/h3,5,8H,1-2,4,6-7H2,(H,13,14). The Labute approximate surface area is 107 Å². The van der Waals surface area contributed by atoms with Crippen LogP contribution in [0, 0.1) is 0 Å². The van der Waals surface area contributed by atoms with E-state index in [2.05, 4.69) is 21.2 Å². The largest absolute Gasteiger partial charge is 0.378 e. The molecular formula is C11H14BrNO2S. The van der Waals surface area contributed by atoms with Gasteiger partial charge in [-0.15, -0.1) is 11.3 Å². The van der Waals surface area contributed by atoms with Gasteiger partial charge < -0.3 is 10.1 Å². The molecule has 0 spiro atoms. The van der Waals surface area contributed by atoms with Gasteiger partial charge in [-0.05, 0) is 40.2 Å². The Morgan fingerprint density at radius 1 is 1.69 bits per heavy atom. The van der Waals surface area contributed by atoms with Crippen LogP contribution in [-0.4, -0.2) is 18.6 Å². The Morgan fingerprint density at radius 3 is 3.19 bits per heavy atom. The summed E-state index contributed by atoms with van der Waals surface area (Å²) in [6.07, 6.45) is 2.71. The predicted molar refractivity (Wildman–Crippen MR) is 67.5 cm³/mol. The van der Waals surface area contributed by atoms with E-state index in [1.165, 1.54) is 0 Å². The minimum atomic E-state index is 0.0761. The van der Waals surface area contributed by atoms with Gasteiger partial charge in [-0.1, -0.05) is 0 Å². The normalized spacial score (nSPS) is 19.9. The molecule has 0 aromatic carbocycles. The summed E-state index contributed by atoms with van der Waals surface area (Å²) in [7, 11) is 0. The third-order valence-electron chi connectivity index (χ3n) is 2.57. The summed E-state index contributed by atoms with van der Waals surface area (Å²) in [5.74, 6) is 0.0761. The van der Waals surface area contributed by atoms with Crippen LogP contribution in [0.2, 0.25) is 0 Å². The zero-order chi connectivity index (χ0) is 11.4. The number of nitrogens with one attached hydrogen (secondary N) is 1. The van der Waals surface area contributed by atoms with E-state index in [0.29, 0.717) is 13.0 Å². The number of amides is 1. The van der Waals surface area contributed by atoms with Crippen molar-refractivity contribution in [1.29, 1.82) is 0 Å². The molecule has 88 valence electrons. The molecule has 0 saturated carbocycles. The molecule has 1 amide bonds. The maximum atomic E-state index is 11.6. The Morgan fingerprint density at radius 2 is 2.56 bits per heavy atom. The maximum absolute atomic E-state index is 11.6. The van der Waals surface area contributed by atoms with Crippen molar-refractivity contribution in [3.8, 4) is 0 Å². The van der Waals surface area contributed by atoms with Crippen molar-refractivity contribution in [1.82, 2.24) is 5.32 Å². The summed E-state index contributed by atoms with van der Waals surface area (Å²) >= 11 is 5.08. The molecule has 3 nitrogen and oxygen atoms in total. The highest BCUT2D eigenvalue weighted by Crippen LogP contribution is 2.22. The van der Waals surface area contributed by atoms with E-state index in [4.69, 9.17) is 4.74 Å². The van der Waals surface area contributed by atoms with Crippen LogP contribution in [0.25, 0.3) is 0 Å². The van der Waals surface area contributed by atoms with E-state index in [-0.39, 0.29) is 12.0 Å². The fourth-order valence-electron chi connectivity index (χ4n) is 1.71. The molecule has 1 fully saturated rings. The number of rotatable bonds is 4. The molecule has 2 heterocycles. The highest BCUT2D eigenvalue weighted by molar-refractivity contribution is 9.10. The van der Waals surface area contributed by atoms with Crippen molar-refractivity contribution in [3.63, 3.8) is 0 Å². The number of ether oxygens (including phenoxy) is 1. The molecule has 1 aliphatic rings. The quantitative estimate of drug-likeness (QED) is 0.929. The minimum absolute atomic E-state index is 0.0761. The highest BCUT2D eigenvalue weighted by atomic mass is 79.9. The Kier molecular flexibility index (Phi) is 4.37. The van der Waals surface area contributed by atoms with Crippen LogP contribution in [0.5, 0.6) is 0 Å². The van der Waals surface area contributed by atoms with Crippen LogP contribution >= 0.6 is 27.3 Å². The smallest absolute Gasteiger partial charge is 0.222 e. The van der Waals surface area contributed by atoms with Crippen molar-refractivity contribution >= 4 is 33.2 Å². The van der Waals surface area contributed by atoms with E-state index >= 15 is 0 Å². The number of hydrogen-bond donors (Lipinski definition) is 1. The van der Waals surface area contributed by atoms with Gasteiger partial charge in [0.2, 0.25) is 5.91 Å². The van der Waals surface area contributed by atoms with Gasteiger partial charge in [0.15, 0.2) is 0 Å². The van der Waals surface area contributed by atoms with Gasteiger partial charge in [0.25, 0.3) is 0 Å². The predicted octanol–water partition coefficient (Wildman–Crippen LogP) is 2.70. The summed E-state index contributed by atoms with van der Waals surface area (Å²) in [6.45, 7) is 1.40. The van der Waals surface area contributed by atoms with Crippen molar-refractivity contribution in [2.24, 2.45) is 0 Å². The Balaban J connectivity index is 1.73. The SMILES string of the molecule is O=C(CC1CCCO1)NCc1sccc1Br. The van der Waals surface area contributed by atoms with E-state index < -0.39 is 0 Å². The lowest BCUT2D eigenvalue weighted by atomic mass is 10.2. The first kappa shape index (κ1) is 12.1. The van der Waals surface area contributed by atoms with Crippen LogP contribution in [0.15, 0.2) is 15.9 Å². The summed E-state index contributed by atoms with van der Waals surface area (Å²) in [5, 5.41) is 4.92. The van der Waals surface area contributed by atoms with Crippen molar-refractivity contribution in [2.45, 2.75) is 31.9 Å². The van der Waals surface area contributed by atoms with E-state index in [1.807, 2.05) is 11.4 Å². The molecule has 1 aliphatic heterocycles. The van der Waals surface area contributed by atoms with Gasteiger partial charge in [0, 0.05) is 16.0 Å². The zero-order valence-corrected chi connectivity index (χ0v) is 11.3. The lowest BCUT2D eigenvalue weighted by Gasteiger charge is -2.09. The summed E-state index contributed by atoms with van der Waals surface area (Å²) in [4.78, 5) is 12.8. The Bertz CT molecular complexity index is 361. The summed E-state index contributed by atoms with van der Waals surface area (Å²) in [6, 6.07) is 1.99. The van der Waals surface area contributed by atoms with E-state index in [9.17, 15) is 4.79 Å². The topological polar surface area (TPSA) is 38.3 Å². The number of thiophene rings is 1. The average Bonchev–Trinajstić information content (AvgIpc) is 2.87. The van der Waals surface area contributed by atoms with Gasteiger partial charge in [0.1, 0.15) is 0 Å². The van der Waals surface area contributed by atoms with Gasteiger partial charge in [-0.2, -0.15) is 0 Å². The fourth-order valence-corrected chi connectivity index (χ4v) is 3.15. The third-order valence-corrected chi connectivity index (χ3v) is 4.50. The molecule has 1 atom stereocenters. The summed E-state index contributed by atoms with van der Waals surface area (Å²) < 4.78 is 6.48. The molecule has 1 aromatic heterocycles. The van der Waals surface area contributed by atoms with Gasteiger partial charge in [-0.25, -0.2) is 0 Å². The van der Waals surface area contributed by atoms with Gasteiger partial charge in [0.05, 0.1) is 19.1 Å². The number of hydrogen-bond acceptors (Lipinski definition) is 3. The molecule has 5 heteroatoms. The second-order valence-corrected chi connectivity index (χ2v) is 5.66. The first-order valence-electron chi connectivity index (χ1n) is 5.36. The first-order valence-corrected chi connectivity index (χ1v) is 7.03. The van der Waals surface area contributed by atoms with Crippen LogP contribution in [0.3, 0.4) is 0 Å². The molecular weight excluding hydrogens is 290 g/mol. The van der Waals surface area contributed by atoms with E-state index in [1.54, 1.807) is 11.3 Å². The van der Waals surface area contributed by atoms with Crippen LogP contribution < -0.4 is 5.32 Å². The van der Waals surface area contributed by atoms with Crippen LogP contribution in [-0.2, 0) is 16.1 Å². The maximum Gasteiger partial charge on any atom is 0.222 e. The van der Waals surface area contributed by atoms with Crippen molar-refractivity contribution in [2.75, 3.05) is 6.61 Å². The lowest BCUT2D eigenvalue weighted by molar-refractivity contribution is -0.123. The lowest BCUT2D eigenvalue weighted by Crippen LogP contribution is -2.26. The van der Waals surface area contributed by atoms with E-state index in [0.717, 1.165) is 28.8 Å². The molecule has 0 bridgehead atoms. The molecule has 0 radical (unpaired) electrons. The summed E-state index contributed by atoms with van der Waals surface area (Å²) in [5.41, 5.74) is 0. The second kappa shape index (κ2) is 5.80. The average molecular weight is 304 g/mol. The first-order chi connectivity index (χ1) is 7.75. The molecule has 2 rings (SSSR count). The van der Waals surface area contributed by atoms with Crippen LogP contribution in [0.4, 0.5) is 0 Å². The zero-order valence-electron chi connectivity index (χ0n) is 8.87. The molecule has 16 heavy (non-hydrogen) atoms. The molecule has 1 N–H and O–H groups in total. The second-order valence-electron chi connectivity index (χ2n) is 3.81. The highest BCUT2D eigenvalue weighted by Gasteiger charge is 2.18. The van der Waals surface area contributed by atoms with Crippen LogP contribution in [0.1, 0.15) is 24.1 Å². The number of carbonyl (C=O) groups excluding carboxylic acids is 1.